The molecule has 0 spiro atoms. The molecule has 1 aromatic carbocycles. The summed E-state index contributed by atoms with van der Waals surface area (Å²) >= 11 is 0. The summed E-state index contributed by atoms with van der Waals surface area (Å²) in [6.07, 6.45) is 0.219. The maximum atomic E-state index is 13.6. The summed E-state index contributed by atoms with van der Waals surface area (Å²) in [5.74, 6) is -2.89. The SMILES string of the molecule is Cc1cc(CC(N)c2c(F)cc(F)cc2F)n(C)n1. The first-order valence-electron chi connectivity index (χ1n) is 5.78. The topological polar surface area (TPSA) is 43.8 Å². The second-order valence-electron chi connectivity index (χ2n) is 4.49. The molecule has 0 aliphatic heterocycles. The Morgan fingerprint density at radius 2 is 1.79 bits per heavy atom. The fraction of sp³-hybridized carbons (Fsp3) is 0.308. The predicted octanol–water partition coefficient (Wildman–Crippen LogP) is 2.39. The van der Waals surface area contributed by atoms with Crippen LogP contribution in [0.4, 0.5) is 13.2 Å². The molecule has 0 amide bonds. The number of hydrogen-bond acceptors (Lipinski definition) is 2. The highest BCUT2D eigenvalue weighted by Crippen LogP contribution is 2.23. The fourth-order valence-corrected chi connectivity index (χ4v) is 2.09. The minimum atomic E-state index is -0.969. The van der Waals surface area contributed by atoms with Crippen molar-refractivity contribution < 1.29 is 13.2 Å². The van der Waals surface area contributed by atoms with E-state index < -0.39 is 23.5 Å². The van der Waals surface area contributed by atoms with E-state index in [0.29, 0.717) is 12.1 Å². The van der Waals surface area contributed by atoms with Gasteiger partial charge >= 0.3 is 0 Å². The van der Waals surface area contributed by atoms with E-state index in [4.69, 9.17) is 5.73 Å². The molecule has 0 radical (unpaired) electrons. The van der Waals surface area contributed by atoms with Crippen LogP contribution in [0.1, 0.15) is 23.0 Å². The van der Waals surface area contributed by atoms with Crippen LogP contribution in [0.15, 0.2) is 18.2 Å². The first kappa shape index (κ1) is 13.6. The smallest absolute Gasteiger partial charge is 0.133 e. The Bertz CT molecular complexity index is 584. The predicted molar refractivity (Wildman–Crippen MR) is 64.9 cm³/mol. The molecule has 0 saturated carbocycles. The van der Waals surface area contributed by atoms with Gasteiger partial charge in [-0.1, -0.05) is 0 Å². The summed E-state index contributed by atoms with van der Waals surface area (Å²) in [5.41, 5.74) is 7.06. The third kappa shape index (κ3) is 2.78. The van der Waals surface area contributed by atoms with Gasteiger partial charge in [-0.25, -0.2) is 13.2 Å². The molecule has 0 saturated heterocycles. The van der Waals surface area contributed by atoms with E-state index in [1.54, 1.807) is 17.8 Å². The minimum Gasteiger partial charge on any atom is -0.323 e. The van der Waals surface area contributed by atoms with E-state index in [9.17, 15) is 13.2 Å². The molecule has 0 aliphatic carbocycles. The van der Waals surface area contributed by atoms with Crippen molar-refractivity contribution in [1.29, 1.82) is 0 Å². The summed E-state index contributed by atoms with van der Waals surface area (Å²) in [6, 6.07) is 2.16. The van der Waals surface area contributed by atoms with Gasteiger partial charge in [0, 0.05) is 42.9 Å². The van der Waals surface area contributed by atoms with Crippen molar-refractivity contribution in [3.8, 4) is 0 Å². The quantitative estimate of drug-likeness (QED) is 0.929. The third-order valence-electron chi connectivity index (χ3n) is 2.94. The first-order valence-corrected chi connectivity index (χ1v) is 5.78. The minimum absolute atomic E-state index is 0.219. The van der Waals surface area contributed by atoms with E-state index in [2.05, 4.69) is 5.10 Å². The Kier molecular flexibility index (Phi) is 3.61. The van der Waals surface area contributed by atoms with Gasteiger partial charge in [0.1, 0.15) is 17.5 Å². The molecule has 2 N–H and O–H groups in total. The molecule has 0 aliphatic rings. The lowest BCUT2D eigenvalue weighted by Gasteiger charge is -2.14. The van der Waals surface area contributed by atoms with E-state index >= 15 is 0 Å². The molecule has 2 aromatic rings. The Labute approximate surface area is 108 Å². The lowest BCUT2D eigenvalue weighted by molar-refractivity contribution is 0.497. The van der Waals surface area contributed by atoms with Gasteiger partial charge in [-0.05, 0) is 13.0 Å². The highest BCUT2D eigenvalue weighted by atomic mass is 19.1. The number of hydrogen-bond donors (Lipinski definition) is 1. The second-order valence-corrected chi connectivity index (χ2v) is 4.49. The number of aryl methyl sites for hydroxylation is 2. The number of benzene rings is 1. The van der Waals surface area contributed by atoms with Gasteiger partial charge in [-0.15, -0.1) is 0 Å². The Morgan fingerprint density at radius 1 is 1.21 bits per heavy atom. The highest BCUT2D eigenvalue weighted by molar-refractivity contribution is 5.25. The molecule has 6 heteroatoms. The summed E-state index contributed by atoms with van der Waals surface area (Å²) in [5, 5.41) is 4.13. The first-order chi connectivity index (χ1) is 8.88. The lowest BCUT2D eigenvalue weighted by atomic mass is 10.0. The van der Waals surface area contributed by atoms with Gasteiger partial charge in [-0.2, -0.15) is 5.10 Å². The van der Waals surface area contributed by atoms with Gasteiger partial charge in [0.25, 0.3) is 0 Å². The van der Waals surface area contributed by atoms with E-state index in [1.807, 2.05) is 6.92 Å². The fourth-order valence-electron chi connectivity index (χ4n) is 2.09. The third-order valence-corrected chi connectivity index (χ3v) is 2.94. The Balaban J connectivity index is 2.30. The van der Waals surface area contributed by atoms with E-state index in [0.717, 1.165) is 11.4 Å². The number of aromatic nitrogens is 2. The number of nitrogens with zero attached hydrogens (tertiary/aromatic N) is 2. The van der Waals surface area contributed by atoms with Crippen molar-refractivity contribution in [2.75, 3.05) is 0 Å². The highest BCUT2D eigenvalue weighted by Gasteiger charge is 2.20. The number of rotatable bonds is 3. The summed E-state index contributed by atoms with van der Waals surface area (Å²) in [7, 11) is 1.73. The van der Waals surface area contributed by atoms with Crippen LogP contribution in [0.25, 0.3) is 0 Å². The zero-order valence-corrected chi connectivity index (χ0v) is 10.6. The summed E-state index contributed by atoms with van der Waals surface area (Å²) in [6.45, 7) is 1.81. The van der Waals surface area contributed by atoms with Crippen molar-refractivity contribution in [3.05, 3.63) is 52.6 Å². The van der Waals surface area contributed by atoms with Crippen molar-refractivity contribution in [2.45, 2.75) is 19.4 Å². The summed E-state index contributed by atoms with van der Waals surface area (Å²) in [4.78, 5) is 0. The molecule has 3 nitrogen and oxygen atoms in total. The maximum Gasteiger partial charge on any atom is 0.133 e. The van der Waals surface area contributed by atoms with E-state index in [1.165, 1.54) is 0 Å². The molecular weight excluding hydrogens is 255 g/mol. The van der Waals surface area contributed by atoms with Crippen molar-refractivity contribution in [3.63, 3.8) is 0 Å². The molecule has 102 valence electrons. The van der Waals surface area contributed by atoms with Crippen LogP contribution in [-0.2, 0) is 13.5 Å². The van der Waals surface area contributed by atoms with E-state index in [-0.39, 0.29) is 12.0 Å². The molecule has 19 heavy (non-hydrogen) atoms. The average molecular weight is 269 g/mol. The summed E-state index contributed by atoms with van der Waals surface area (Å²) < 4.78 is 41.6. The average Bonchev–Trinajstić information content (AvgIpc) is 2.55. The van der Waals surface area contributed by atoms with Crippen molar-refractivity contribution >= 4 is 0 Å². The van der Waals surface area contributed by atoms with Gasteiger partial charge in [0.15, 0.2) is 0 Å². The largest absolute Gasteiger partial charge is 0.323 e. The van der Waals surface area contributed by atoms with Crippen molar-refractivity contribution in [2.24, 2.45) is 12.8 Å². The molecule has 0 bridgehead atoms. The zero-order valence-electron chi connectivity index (χ0n) is 10.6. The van der Waals surface area contributed by atoms with Crippen molar-refractivity contribution in [1.82, 2.24) is 9.78 Å². The van der Waals surface area contributed by atoms with Crippen LogP contribution >= 0.6 is 0 Å². The van der Waals surface area contributed by atoms with Crippen LogP contribution in [0, 0.1) is 24.4 Å². The van der Waals surface area contributed by atoms with Crippen LogP contribution < -0.4 is 5.73 Å². The Morgan fingerprint density at radius 3 is 2.26 bits per heavy atom. The zero-order chi connectivity index (χ0) is 14.2. The normalized spacial score (nSPS) is 12.7. The molecule has 1 unspecified atom stereocenters. The molecule has 0 fully saturated rings. The van der Waals surface area contributed by atoms with Crippen LogP contribution in [0.5, 0.6) is 0 Å². The molecule has 1 atom stereocenters. The molecule has 1 heterocycles. The maximum absolute atomic E-state index is 13.6. The standard InChI is InChI=1S/C13H14F3N3/c1-7-3-9(19(2)18-7)6-12(17)13-10(15)4-8(14)5-11(13)16/h3-5,12H,6,17H2,1-2H3. The molecular formula is C13H14F3N3. The molecule has 2 rings (SSSR count). The van der Waals surface area contributed by atoms with Crippen LogP contribution in [0.2, 0.25) is 0 Å². The number of nitrogens with two attached hydrogens (primary N) is 1. The molecule has 1 aromatic heterocycles. The van der Waals surface area contributed by atoms with Crippen LogP contribution in [0.3, 0.4) is 0 Å². The monoisotopic (exact) mass is 269 g/mol. The second kappa shape index (κ2) is 5.05. The van der Waals surface area contributed by atoms with Crippen LogP contribution in [-0.4, -0.2) is 9.78 Å². The Hall–Kier alpha value is -1.82. The van der Waals surface area contributed by atoms with Gasteiger partial charge in [-0.3, -0.25) is 4.68 Å². The van der Waals surface area contributed by atoms with Gasteiger partial charge in [0.2, 0.25) is 0 Å². The van der Waals surface area contributed by atoms with Gasteiger partial charge < -0.3 is 5.73 Å². The lowest BCUT2D eigenvalue weighted by Crippen LogP contribution is -2.18. The number of halogens is 3. The van der Waals surface area contributed by atoms with Gasteiger partial charge in [0.05, 0.1) is 5.69 Å².